The van der Waals surface area contributed by atoms with Crippen LogP contribution in [0.1, 0.15) is 33.3 Å². The first kappa shape index (κ1) is 24.9. The molecule has 10 heteroatoms. The number of rotatable bonds is 10. The molecule has 0 saturated heterocycles. The van der Waals surface area contributed by atoms with Crippen molar-refractivity contribution in [2.75, 3.05) is 38.6 Å². The number of ether oxygens (including phenoxy) is 1. The van der Waals surface area contributed by atoms with Crippen molar-refractivity contribution in [2.45, 2.75) is 32.9 Å². The molecule has 1 amide bonds. The Morgan fingerprint density at radius 3 is 2.58 bits per heavy atom. The summed E-state index contributed by atoms with van der Waals surface area (Å²) in [5.74, 6) is -0.0796. The SMILES string of the molecule is CCN(CC)CCOc1ccc2c(c1)C=C/C(=C1/C(=O)NN=C1C(C)C(C)S(=O)(=O)NC)N2. The number of amides is 1. The lowest BCUT2D eigenvalue weighted by atomic mass is 9.93. The van der Waals surface area contributed by atoms with Gasteiger partial charge in [0.1, 0.15) is 12.4 Å². The Bertz CT molecular complexity index is 1090. The molecule has 0 radical (unpaired) electrons. The topological polar surface area (TPSA) is 112 Å². The van der Waals surface area contributed by atoms with Crippen LogP contribution in [-0.2, 0) is 14.8 Å². The minimum absolute atomic E-state index is 0.349. The molecule has 2 aliphatic heterocycles. The second-order valence-electron chi connectivity index (χ2n) is 8.05. The molecule has 3 N–H and O–H groups in total. The summed E-state index contributed by atoms with van der Waals surface area (Å²) in [4.78, 5) is 14.9. The zero-order valence-corrected chi connectivity index (χ0v) is 20.6. The van der Waals surface area contributed by atoms with Crippen LogP contribution in [0.5, 0.6) is 5.75 Å². The first-order valence-corrected chi connectivity index (χ1v) is 12.8. The van der Waals surface area contributed by atoms with Crippen LogP contribution >= 0.6 is 0 Å². The highest BCUT2D eigenvalue weighted by atomic mass is 32.2. The maximum Gasteiger partial charge on any atom is 0.275 e. The molecule has 33 heavy (non-hydrogen) atoms. The van der Waals surface area contributed by atoms with E-state index in [1.807, 2.05) is 30.4 Å². The summed E-state index contributed by atoms with van der Waals surface area (Å²) in [7, 11) is -2.15. The highest BCUT2D eigenvalue weighted by Gasteiger charge is 2.36. The van der Waals surface area contributed by atoms with Crippen LogP contribution in [0.15, 0.2) is 40.6 Å². The summed E-state index contributed by atoms with van der Waals surface area (Å²) in [5.41, 5.74) is 5.59. The largest absolute Gasteiger partial charge is 0.492 e. The monoisotopic (exact) mass is 475 g/mol. The molecule has 0 spiro atoms. The van der Waals surface area contributed by atoms with Crippen molar-refractivity contribution in [2.24, 2.45) is 11.0 Å². The van der Waals surface area contributed by atoms with Gasteiger partial charge in [-0.25, -0.2) is 18.6 Å². The van der Waals surface area contributed by atoms with Gasteiger partial charge in [0.2, 0.25) is 10.0 Å². The number of anilines is 1. The minimum Gasteiger partial charge on any atom is -0.492 e. The van der Waals surface area contributed by atoms with Crippen LogP contribution in [0.4, 0.5) is 5.69 Å². The lowest BCUT2D eigenvalue weighted by Gasteiger charge is -2.23. The van der Waals surface area contributed by atoms with Crippen LogP contribution in [0.3, 0.4) is 0 Å². The summed E-state index contributed by atoms with van der Waals surface area (Å²) in [6, 6.07) is 5.76. The van der Waals surface area contributed by atoms with Crippen LogP contribution in [0, 0.1) is 5.92 Å². The molecule has 0 aromatic heterocycles. The van der Waals surface area contributed by atoms with Gasteiger partial charge < -0.3 is 15.0 Å². The molecule has 2 atom stereocenters. The van der Waals surface area contributed by atoms with E-state index in [0.717, 1.165) is 36.6 Å². The van der Waals surface area contributed by atoms with Crippen molar-refractivity contribution in [1.29, 1.82) is 0 Å². The quantitative estimate of drug-likeness (QED) is 0.447. The fourth-order valence-corrected chi connectivity index (χ4v) is 4.86. The molecule has 0 fully saturated rings. The predicted octanol–water partition coefficient (Wildman–Crippen LogP) is 2.16. The van der Waals surface area contributed by atoms with Gasteiger partial charge in [-0.15, -0.1) is 0 Å². The molecular weight excluding hydrogens is 442 g/mol. The van der Waals surface area contributed by atoms with E-state index in [0.29, 0.717) is 23.6 Å². The number of hydrazone groups is 1. The van der Waals surface area contributed by atoms with Gasteiger partial charge in [0.15, 0.2) is 0 Å². The zero-order chi connectivity index (χ0) is 24.2. The van der Waals surface area contributed by atoms with E-state index in [-0.39, 0.29) is 5.91 Å². The van der Waals surface area contributed by atoms with E-state index < -0.39 is 21.2 Å². The maximum absolute atomic E-state index is 12.6. The van der Waals surface area contributed by atoms with Crippen LogP contribution in [0.25, 0.3) is 6.08 Å². The number of hydrogen-bond acceptors (Lipinski definition) is 7. The second-order valence-corrected chi connectivity index (χ2v) is 10.3. The van der Waals surface area contributed by atoms with E-state index in [1.54, 1.807) is 13.8 Å². The van der Waals surface area contributed by atoms with Gasteiger partial charge in [-0.2, -0.15) is 5.10 Å². The Balaban J connectivity index is 1.79. The number of carbonyl (C=O) groups excluding carboxylic acids is 1. The standard InChI is InChI=1S/C23H33N5O4S/c1-6-28(7-2)12-13-32-18-9-11-19-17(14-18)8-10-20(25-19)21-22(26-27-23(21)29)15(3)16(4)33(30,31)24-5/h8-11,14-16,24-25H,6-7,12-13H2,1-5H3,(H,27,29)/b21-20-. The summed E-state index contributed by atoms with van der Waals surface area (Å²) in [5, 5.41) is 6.67. The highest BCUT2D eigenvalue weighted by Crippen LogP contribution is 2.32. The summed E-state index contributed by atoms with van der Waals surface area (Å²) in [6.45, 7) is 11.1. The van der Waals surface area contributed by atoms with Crippen molar-refractivity contribution >= 4 is 33.4 Å². The van der Waals surface area contributed by atoms with Crippen molar-refractivity contribution in [1.82, 2.24) is 15.0 Å². The molecule has 2 unspecified atom stereocenters. The Morgan fingerprint density at radius 2 is 1.91 bits per heavy atom. The smallest absolute Gasteiger partial charge is 0.275 e. The van der Waals surface area contributed by atoms with E-state index in [4.69, 9.17) is 4.74 Å². The fourth-order valence-electron chi connectivity index (χ4n) is 3.83. The third kappa shape index (κ3) is 5.45. The van der Waals surface area contributed by atoms with Crippen LogP contribution in [0.2, 0.25) is 0 Å². The first-order chi connectivity index (χ1) is 15.7. The van der Waals surface area contributed by atoms with Gasteiger partial charge in [0, 0.05) is 23.7 Å². The second kappa shape index (κ2) is 10.5. The zero-order valence-electron chi connectivity index (χ0n) is 19.8. The van der Waals surface area contributed by atoms with Crippen LogP contribution in [-0.4, -0.2) is 63.5 Å². The molecule has 180 valence electrons. The van der Waals surface area contributed by atoms with Gasteiger partial charge in [0.05, 0.1) is 22.2 Å². The number of sulfonamides is 1. The Morgan fingerprint density at radius 1 is 1.18 bits per heavy atom. The average Bonchev–Trinajstić information content (AvgIpc) is 3.21. The number of carbonyl (C=O) groups is 1. The van der Waals surface area contributed by atoms with Gasteiger partial charge >= 0.3 is 0 Å². The molecule has 0 bridgehead atoms. The molecule has 3 rings (SSSR count). The van der Waals surface area contributed by atoms with E-state index >= 15 is 0 Å². The number of nitrogens with one attached hydrogen (secondary N) is 3. The number of allylic oxidation sites excluding steroid dienone is 1. The molecule has 9 nitrogen and oxygen atoms in total. The third-order valence-electron chi connectivity index (χ3n) is 6.23. The highest BCUT2D eigenvalue weighted by molar-refractivity contribution is 7.90. The predicted molar refractivity (Wildman–Crippen MR) is 132 cm³/mol. The minimum atomic E-state index is -3.52. The molecule has 1 aromatic carbocycles. The normalized spacial score (nSPS) is 19.6. The summed E-state index contributed by atoms with van der Waals surface area (Å²) in [6.07, 6.45) is 3.72. The van der Waals surface area contributed by atoms with Gasteiger partial charge in [-0.3, -0.25) is 4.79 Å². The van der Waals surface area contributed by atoms with Crippen LogP contribution < -0.4 is 20.2 Å². The summed E-state index contributed by atoms with van der Waals surface area (Å²) >= 11 is 0. The van der Waals surface area contributed by atoms with Gasteiger partial charge in [-0.1, -0.05) is 26.8 Å². The number of nitrogens with zero attached hydrogens (tertiary/aromatic N) is 2. The lowest BCUT2D eigenvalue weighted by molar-refractivity contribution is -0.116. The summed E-state index contributed by atoms with van der Waals surface area (Å²) < 4.78 is 32.8. The average molecular weight is 476 g/mol. The molecule has 0 saturated carbocycles. The molecule has 1 aromatic rings. The van der Waals surface area contributed by atoms with Crippen molar-refractivity contribution in [3.63, 3.8) is 0 Å². The van der Waals surface area contributed by atoms with E-state index in [2.05, 4.69) is 39.3 Å². The Kier molecular flexibility index (Phi) is 7.93. The number of likely N-dealkylation sites (N-methyl/N-ethyl adjacent to an activating group) is 1. The number of benzene rings is 1. The lowest BCUT2D eigenvalue weighted by Crippen LogP contribution is -2.38. The van der Waals surface area contributed by atoms with Gasteiger partial charge in [0.25, 0.3) is 5.91 Å². The maximum atomic E-state index is 12.6. The Hall–Kier alpha value is -2.69. The Labute approximate surface area is 196 Å². The third-order valence-corrected chi connectivity index (χ3v) is 8.19. The fraction of sp³-hybridized carbons (Fsp3) is 0.478. The molecule has 0 aliphatic carbocycles. The van der Waals surface area contributed by atoms with Crippen molar-refractivity contribution in [3.8, 4) is 5.75 Å². The molecule has 2 aliphatic rings. The van der Waals surface area contributed by atoms with E-state index in [1.165, 1.54) is 7.05 Å². The first-order valence-electron chi connectivity index (χ1n) is 11.2. The van der Waals surface area contributed by atoms with E-state index in [9.17, 15) is 13.2 Å². The van der Waals surface area contributed by atoms with Crippen molar-refractivity contribution in [3.05, 3.63) is 41.1 Å². The van der Waals surface area contributed by atoms with Gasteiger partial charge in [-0.05, 0) is 51.3 Å². The molecule has 2 heterocycles. The molecular formula is C23H33N5O4S. The number of fused-ring (bicyclic) bond motifs is 1. The van der Waals surface area contributed by atoms with Crippen molar-refractivity contribution < 1.29 is 17.9 Å². The number of hydrogen-bond donors (Lipinski definition) is 3.